The molecule has 1 aliphatic rings. The normalized spacial score (nSPS) is 14.6. The van der Waals surface area contributed by atoms with Crippen LogP contribution in [0.15, 0.2) is 27.8 Å². The van der Waals surface area contributed by atoms with Crippen LogP contribution in [0.3, 0.4) is 0 Å². The molecule has 0 atom stereocenters. The molecule has 0 saturated carbocycles. The first-order valence-corrected chi connectivity index (χ1v) is 9.73. The number of ether oxygens (including phenoxy) is 1. The predicted octanol–water partition coefficient (Wildman–Crippen LogP) is 2.45. The lowest BCUT2D eigenvalue weighted by atomic mass is 10.2. The van der Waals surface area contributed by atoms with Crippen molar-refractivity contribution in [3.8, 4) is 0 Å². The van der Waals surface area contributed by atoms with Crippen LogP contribution in [0, 0.1) is 6.92 Å². The molecule has 1 N–H and O–H groups in total. The molecule has 0 bridgehead atoms. The van der Waals surface area contributed by atoms with Gasteiger partial charge in [-0.3, -0.25) is 9.36 Å². The van der Waals surface area contributed by atoms with Crippen LogP contribution >= 0.6 is 27.7 Å². The van der Waals surface area contributed by atoms with Crippen molar-refractivity contribution in [2.24, 2.45) is 7.05 Å². The molecule has 7 nitrogen and oxygen atoms in total. The van der Waals surface area contributed by atoms with Crippen molar-refractivity contribution >= 4 is 45.2 Å². The SMILES string of the molecule is Cc1cc(Br)ccc1NC(=O)CSc1nnc(N2CCOCC2)n1C. The maximum absolute atomic E-state index is 12.2. The van der Waals surface area contributed by atoms with E-state index in [-0.39, 0.29) is 11.7 Å². The fourth-order valence-corrected chi connectivity index (χ4v) is 3.74. The van der Waals surface area contributed by atoms with E-state index in [0.717, 1.165) is 39.9 Å². The first-order valence-electron chi connectivity index (χ1n) is 7.95. The second-order valence-corrected chi connectivity index (χ2v) is 7.60. The summed E-state index contributed by atoms with van der Waals surface area (Å²) in [6.07, 6.45) is 0. The largest absolute Gasteiger partial charge is 0.378 e. The Kier molecular flexibility index (Phi) is 5.98. The lowest BCUT2D eigenvalue weighted by Gasteiger charge is -2.27. The van der Waals surface area contributed by atoms with E-state index in [4.69, 9.17) is 4.74 Å². The number of hydrogen-bond donors (Lipinski definition) is 1. The van der Waals surface area contributed by atoms with Crippen molar-refractivity contribution in [2.45, 2.75) is 12.1 Å². The summed E-state index contributed by atoms with van der Waals surface area (Å²) >= 11 is 4.80. The second kappa shape index (κ2) is 8.20. The topological polar surface area (TPSA) is 72.3 Å². The monoisotopic (exact) mass is 425 g/mol. The molecule has 1 amide bonds. The highest BCUT2D eigenvalue weighted by Gasteiger charge is 2.19. The molecule has 1 saturated heterocycles. The van der Waals surface area contributed by atoms with Gasteiger partial charge >= 0.3 is 0 Å². The van der Waals surface area contributed by atoms with E-state index in [1.165, 1.54) is 11.8 Å². The van der Waals surface area contributed by atoms with E-state index < -0.39 is 0 Å². The van der Waals surface area contributed by atoms with Crippen LogP contribution in [-0.4, -0.2) is 52.7 Å². The second-order valence-electron chi connectivity index (χ2n) is 5.74. The number of morpholine rings is 1. The number of nitrogens with zero attached hydrogens (tertiary/aromatic N) is 4. The summed E-state index contributed by atoms with van der Waals surface area (Å²) in [6, 6.07) is 5.77. The lowest BCUT2D eigenvalue weighted by Crippen LogP contribution is -2.37. The van der Waals surface area contributed by atoms with Gasteiger partial charge in [-0.15, -0.1) is 10.2 Å². The number of benzene rings is 1. The highest BCUT2D eigenvalue weighted by Crippen LogP contribution is 2.23. The highest BCUT2D eigenvalue weighted by molar-refractivity contribution is 9.10. The van der Waals surface area contributed by atoms with Gasteiger partial charge in [0.2, 0.25) is 11.9 Å². The van der Waals surface area contributed by atoms with Crippen LogP contribution in [0.2, 0.25) is 0 Å². The van der Waals surface area contributed by atoms with E-state index in [0.29, 0.717) is 13.2 Å². The van der Waals surface area contributed by atoms with Crippen LogP contribution in [0.4, 0.5) is 11.6 Å². The average Bonchev–Trinajstić information content (AvgIpc) is 2.97. The summed E-state index contributed by atoms with van der Waals surface area (Å²) in [7, 11) is 1.92. The maximum Gasteiger partial charge on any atom is 0.234 e. The van der Waals surface area contributed by atoms with E-state index in [2.05, 4.69) is 36.3 Å². The van der Waals surface area contributed by atoms with Gasteiger partial charge in [-0.05, 0) is 30.7 Å². The van der Waals surface area contributed by atoms with Crippen LogP contribution in [0.5, 0.6) is 0 Å². The smallest absolute Gasteiger partial charge is 0.234 e. The molecule has 0 spiro atoms. The Morgan fingerprint density at radius 1 is 1.36 bits per heavy atom. The summed E-state index contributed by atoms with van der Waals surface area (Å²) in [5.41, 5.74) is 1.83. The summed E-state index contributed by atoms with van der Waals surface area (Å²) in [6.45, 7) is 4.97. The summed E-state index contributed by atoms with van der Waals surface area (Å²) in [5.74, 6) is 1.03. The minimum absolute atomic E-state index is 0.0636. The van der Waals surface area contributed by atoms with Crippen molar-refractivity contribution in [1.82, 2.24) is 14.8 Å². The lowest BCUT2D eigenvalue weighted by molar-refractivity contribution is -0.113. The number of amides is 1. The Bertz CT molecular complexity index is 761. The number of carbonyl (C=O) groups is 1. The van der Waals surface area contributed by atoms with Crippen molar-refractivity contribution in [3.05, 3.63) is 28.2 Å². The fraction of sp³-hybridized carbons (Fsp3) is 0.438. The Morgan fingerprint density at radius 3 is 2.84 bits per heavy atom. The van der Waals surface area contributed by atoms with Gasteiger partial charge in [-0.1, -0.05) is 27.7 Å². The van der Waals surface area contributed by atoms with Crippen LogP contribution in [-0.2, 0) is 16.6 Å². The number of thioether (sulfide) groups is 1. The Hall–Kier alpha value is -1.58. The van der Waals surface area contributed by atoms with Crippen LogP contribution in [0.1, 0.15) is 5.56 Å². The molecule has 1 aromatic heterocycles. The van der Waals surface area contributed by atoms with Gasteiger partial charge in [0.05, 0.1) is 19.0 Å². The number of carbonyl (C=O) groups excluding carboxylic acids is 1. The zero-order chi connectivity index (χ0) is 17.8. The molecular weight excluding hydrogens is 406 g/mol. The number of halogens is 1. The Labute approximate surface area is 159 Å². The highest BCUT2D eigenvalue weighted by atomic mass is 79.9. The molecule has 2 aromatic rings. The summed E-state index contributed by atoms with van der Waals surface area (Å²) in [4.78, 5) is 14.4. The first-order chi connectivity index (χ1) is 12.0. The molecule has 0 aliphatic carbocycles. The molecular formula is C16H20BrN5O2S. The van der Waals surface area contributed by atoms with E-state index >= 15 is 0 Å². The fourth-order valence-electron chi connectivity index (χ4n) is 2.56. The van der Waals surface area contributed by atoms with E-state index in [9.17, 15) is 4.79 Å². The molecule has 1 aromatic carbocycles. The third-order valence-electron chi connectivity index (χ3n) is 3.90. The molecule has 134 valence electrons. The predicted molar refractivity (Wildman–Crippen MR) is 102 cm³/mol. The molecule has 2 heterocycles. The molecule has 3 rings (SSSR count). The van der Waals surface area contributed by atoms with Gasteiger partial charge in [0.1, 0.15) is 0 Å². The standard InChI is InChI=1S/C16H20BrN5O2S/c1-11-9-12(17)3-4-13(11)18-14(23)10-25-16-20-19-15(21(16)2)22-5-7-24-8-6-22/h3-4,9H,5-8,10H2,1-2H3,(H,18,23). The van der Waals surface area contributed by atoms with Gasteiger partial charge < -0.3 is 15.0 Å². The zero-order valence-electron chi connectivity index (χ0n) is 14.2. The summed E-state index contributed by atoms with van der Waals surface area (Å²) < 4.78 is 8.28. The third kappa shape index (κ3) is 4.53. The third-order valence-corrected chi connectivity index (χ3v) is 5.41. The Morgan fingerprint density at radius 2 is 2.12 bits per heavy atom. The molecule has 1 fully saturated rings. The number of aromatic nitrogens is 3. The Balaban J connectivity index is 1.58. The average molecular weight is 426 g/mol. The van der Waals surface area contributed by atoms with Crippen LogP contribution in [0.25, 0.3) is 0 Å². The summed E-state index contributed by atoms with van der Waals surface area (Å²) in [5, 5.41) is 12.1. The van der Waals surface area contributed by atoms with Gasteiger partial charge in [0.15, 0.2) is 5.16 Å². The first kappa shape index (κ1) is 18.2. The number of nitrogens with one attached hydrogen (secondary N) is 1. The molecule has 1 aliphatic heterocycles. The van der Waals surface area contributed by atoms with Crippen molar-refractivity contribution in [2.75, 3.05) is 42.3 Å². The molecule has 25 heavy (non-hydrogen) atoms. The molecule has 0 unspecified atom stereocenters. The number of aryl methyl sites for hydroxylation is 1. The van der Waals surface area contributed by atoms with Gasteiger partial charge in [-0.25, -0.2) is 0 Å². The minimum atomic E-state index is -0.0636. The minimum Gasteiger partial charge on any atom is -0.378 e. The molecule has 0 radical (unpaired) electrons. The van der Waals surface area contributed by atoms with Crippen molar-refractivity contribution in [1.29, 1.82) is 0 Å². The van der Waals surface area contributed by atoms with Crippen LogP contribution < -0.4 is 10.2 Å². The maximum atomic E-state index is 12.2. The number of hydrogen-bond acceptors (Lipinski definition) is 6. The quantitative estimate of drug-likeness (QED) is 0.741. The number of rotatable bonds is 5. The van der Waals surface area contributed by atoms with Crippen molar-refractivity contribution < 1.29 is 9.53 Å². The zero-order valence-corrected chi connectivity index (χ0v) is 16.6. The van der Waals surface area contributed by atoms with Crippen molar-refractivity contribution in [3.63, 3.8) is 0 Å². The van der Waals surface area contributed by atoms with E-state index in [1.807, 2.05) is 36.7 Å². The van der Waals surface area contributed by atoms with Gasteiger partial charge in [-0.2, -0.15) is 0 Å². The molecule has 9 heteroatoms. The van der Waals surface area contributed by atoms with E-state index in [1.54, 1.807) is 0 Å². The van der Waals surface area contributed by atoms with Gasteiger partial charge in [0.25, 0.3) is 0 Å². The van der Waals surface area contributed by atoms with Gasteiger partial charge in [0, 0.05) is 30.3 Å². The number of anilines is 2.